The van der Waals surface area contributed by atoms with E-state index < -0.39 is 0 Å². The molecule has 5 nitrogen and oxygen atoms in total. The van der Waals surface area contributed by atoms with Gasteiger partial charge in [0.2, 0.25) is 5.91 Å². The molecular weight excluding hydrogens is 338 g/mol. The van der Waals surface area contributed by atoms with Gasteiger partial charge in [0.25, 0.3) is 0 Å². The van der Waals surface area contributed by atoms with Crippen LogP contribution in [0.15, 0.2) is 22.7 Å². The first kappa shape index (κ1) is 17.8. The summed E-state index contributed by atoms with van der Waals surface area (Å²) < 4.78 is 5.15. The van der Waals surface area contributed by atoms with Gasteiger partial charge in [0.1, 0.15) is 5.76 Å². The van der Waals surface area contributed by atoms with E-state index in [0.29, 0.717) is 17.9 Å². The molecule has 0 spiro atoms. The number of benzene rings is 1. The van der Waals surface area contributed by atoms with E-state index in [2.05, 4.69) is 15.4 Å². The smallest absolute Gasteiger partial charge is 0.224 e. The SMILES string of the molecule is Cc1noc(C)c1CCC(=O)Nc1cc(Cl)ccc1N1CCCCC1. The van der Waals surface area contributed by atoms with Gasteiger partial charge in [-0.15, -0.1) is 0 Å². The molecule has 25 heavy (non-hydrogen) atoms. The highest BCUT2D eigenvalue weighted by Crippen LogP contribution is 2.31. The number of piperidine rings is 1. The maximum Gasteiger partial charge on any atom is 0.224 e. The molecule has 0 radical (unpaired) electrons. The van der Waals surface area contributed by atoms with E-state index in [4.69, 9.17) is 16.1 Å². The van der Waals surface area contributed by atoms with E-state index in [0.717, 1.165) is 41.5 Å². The third-order valence-electron chi connectivity index (χ3n) is 4.71. The van der Waals surface area contributed by atoms with Crippen molar-refractivity contribution in [1.82, 2.24) is 5.16 Å². The highest BCUT2D eigenvalue weighted by Gasteiger charge is 2.17. The zero-order chi connectivity index (χ0) is 17.8. The number of nitrogens with zero attached hydrogens (tertiary/aromatic N) is 2. The summed E-state index contributed by atoms with van der Waals surface area (Å²) in [4.78, 5) is 14.8. The predicted octanol–water partition coefficient (Wildman–Crippen LogP) is 4.51. The van der Waals surface area contributed by atoms with Crippen LogP contribution < -0.4 is 10.2 Å². The minimum atomic E-state index is -0.0273. The van der Waals surface area contributed by atoms with Crippen molar-refractivity contribution >= 4 is 28.9 Å². The van der Waals surface area contributed by atoms with E-state index in [9.17, 15) is 4.79 Å². The van der Waals surface area contributed by atoms with E-state index in [1.54, 1.807) is 0 Å². The predicted molar refractivity (Wildman–Crippen MR) is 100 cm³/mol. The Hall–Kier alpha value is -2.01. The lowest BCUT2D eigenvalue weighted by molar-refractivity contribution is -0.116. The van der Waals surface area contributed by atoms with Crippen molar-refractivity contribution in [1.29, 1.82) is 0 Å². The molecule has 1 aliphatic heterocycles. The van der Waals surface area contributed by atoms with Gasteiger partial charge >= 0.3 is 0 Å². The number of hydrogen-bond donors (Lipinski definition) is 1. The zero-order valence-corrected chi connectivity index (χ0v) is 15.5. The van der Waals surface area contributed by atoms with Gasteiger partial charge in [0.05, 0.1) is 17.1 Å². The molecule has 2 aromatic rings. The monoisotopic (exact) mass is 361 g/mol. The van der Waals surface area contributed by atoms with Crippen LogP contribution in [0.5, 0.6) is 0 Å². The van der Waals surface area contributed by atoms with E-state index in [1.807, 2.05) is 32.0 Å². The Bertz CT molecular complexity index is 732. The van der Waals surface area contributed by atoms with Gasteiger partial charge in [-0.1, -0.05) is 16.8 Å². The third-order valence-corrected chi connectivity index (χ3v) is 4.95. The summed E-state index contributed by atoms with van der Waals surface area (Å²) in [6, 6.07) is 5.71. The number of carbonyl (C=O) groups excluding carboxylic acids is 1. The number of rotatable bonds is 5. The van der Waals surface area contributed by atoms with E-state index in [-0.39, 0.29) is 5.91 Å². The lowest BCUT2D eigenvalue weighted by atomic mass is 10.1. The van der Waals surface area contributed by atoms with Gasteiger partial charge in [-0.2, -0.15) is 0 Å². The molecule has 0 atom stereocenters. The van der Waals surface area contributed by atoms with Crippen molar-refractivity contribution < 1.29 is 9.32 Å². The van der Waals surface area contributed by atoms with Crippen LogP contribution in [0, 0.1) is 13.8 Å². The fraction of sp³-hybridized carbons (Fsp3) is 0.474. The molecule has 1 aromatic heterocycles. The number of halogens is 1. The number of amides is 1. The van der Waals surface area contributed by atoms with Crippen LogP contribution in [-0.4, -0.2) is 24.2 Å². The molecule has 0 aliphatic carbocycles. The molecule has 2 heterocycles. The second kappa shape index (κ2) is 7.91. The van der Waals surface area contributed by atoms with Crippen LogP contribution in [0.25, 0.3) is 0 Å². The molecule has 3 rings (SSSR count). The van der Waals surface area contributed by atoms with Crippen molar-refractivity contribution in [3.63, 3.8) is 0 Å². The molecule has 0 saturated carbocycles. The number of anilines is 2. The second-order valence-corrected chi connectivity index (χ2v) is 7.00. The summed E-state index contributed by atoms with van der Waals surface area (Å²) in [6.07, 6.45) is 4.63. The Morgan fingerprint density at radius 1 is 1.28 bits per heavy atom. The Morgan fingerprint density at radius 3 is 2.72 bits per heavy atom. The highest BCUT2D eigenvalue weighted by atomic mass is 35.5. The summed E-state index contributed by atoms with van der Waals surface area (Å²) in [5.74, 6) is 0.752. The van der Waals surface area contributed by atoms with Crippen LogP contribution in [0.1, 0.15) is 42.7 Å². The number of carbonyl (C=O) groups is 1. The first-order valence-corrected chi connectivity index (χ1v) is 9.18. The van der Waals surface area contributed by atoms with Gasteiger partial charge in [-0.3, -0.25) is 4.79 Å². The molecule has 6 heteroatoms. The van der Waals surface area contributed by atoms with Crippen LogP contribution >= 0.6 is 11.6 Å². The van der Waals surface area contributed by atoms with Crippen molar-refractivity contribution in [2.24, 2.45) is 0 Å². The van der Waals surface area contributed by atoms with Crippen LogP contribution in [0.4, 0.5) is 11.4 Å². The molecule has 0 unspecified atom stereocenters. The minimum Gasteiger partial charge on any atom is -0.370 e. The molecule has 0 bridgehead atoms. The molecule has 1 aliphatic rings. The van der Waals surface area contributed by atoms with Crippen LogP contribution in [-0.2, 0) is 11.2 Å². The van der Waals surface area contributed by atoms with Crippen molar-refractivity contribution in [2.45, 2.75) is 46.0 Å². The summed E-state index contributed by atoms with van der Waals surface area (Å²) >= 11 is 6.15. The molecule has 134 valence electrons. The lowest BCUT2D eigenvalue weighted by Gasteiger charge is -2.30. The molecule has 1 saturated heterocycles. The third kappa shape index (κ3) is 4.34. The molecule has 1 N–H and O–H groups in total. The maximum atomic E-state index is 12.5. The summed E-state index contributed by atoms with van der Waals surface area (Å²) in [5.41, 5.74) is 3.70. The Balaban J connectivity index is 1.68. The van der Waals surface area contributed by atoms with Crippen LogP contribution in [0.3, 0.4) is 0 Å². The van der Waals surface area contributed by atoms with Gasteiger partial charge in [0.15, 0.2) is 0 Å². The average Bonchev–Trinajstić information content (AvgIpc) is 2.92. The van der Waals surface area contributed by atoms with E-state index in [1.165, 1.54) is 19.3 Å². The summed E-state index contributed by atoms with van der Waals surface area (Å²) in [5, 5.41) is 7.59. The van der Waals surface area contributed by atoms with Gasteiger partial charge < -0.3 is 14.7 Å². The molecule has 1 fully saturated rings. The second-order valence-electron chi connectivity index (χ2n) is 6.56. The normalized spacial score (nSPS) is 14.6. The number of hydrogen-bond acceptors (Lipinski definition) is 4. The molecular formula is C19H24ClN3O2. The number of aryl methyl sites for hydroxylation is 2. The quantitative estimate of drug-likeness (QED) is 0.851. The standard InChI is InChI=1S/C19H24ClN3O2/c1-13-16(14(2)25-22-13)7-9-19(24)21-17-12-15(20)6-8-18(17)23-10-4-3-5-11-23/h6,8,12H,3-5,7,9-11H2,1-2H3,(H,21,24). The van der Waals surface area contributed by atoms with Gasteiger partial charge in [0, 0.05) is 30.1 Å². The zero-order valence-electron chi connectivity index (χ0n) is 14.8. The van der Waals surface area contributed by atoms with E-state index >= 15 is 0 Å². The summed E-state index contributed by atoms with van der Waals surface area (Å²) in [6.45, 7) is 5.81. The average molecular weight is 362 g/mol. The van der Waals surface area contributed by atoms with Gasteiger partial charge in [-0.25, -0.2) is 0 Å². The lowest BCUT2D eigenvalue weighted by Crippen LogP contribution is -2.30. The van der Waals surface area contributed by atoms with Crippen LogP contribution in [0.2, 0.25) is 5.02 Å². The Labute approximate surface area is 153 Å². The summed E-state index contributed by atoms with van der Waals surface area (Å²) in [7, 11) is 0. The first-order chi connectivity index (χ1) is 12.0. The van der Waals surface area contributed by atoms with Gasteiger partial charge in [-0.05, 0) is 57.7 Å². The highest BCUT2D eigenvalue weighted by molar-refractivity contribution is 6.31. The number of nitrogens with one attached hydrogen (secondary N) is 1. The Morgan fingerprint density at radius 2 is 2.04 bits per heavy atom. The first-order valence-electron chi connectivity index (χ1n) is 8.80. The Kier molecular flexibility index (Phi) is 5.63. The maximum absolute atomic E-state index is 12.5. The largest absolute Gasteiger partial charge is 0.370 e. The topological polar surface area (TPSA) is 58.4 Å². The van der Waals surface area contributed by atoms with Crippen molar-refractivity contribution in [3.05, 3.63) is 40.2 Å². The molecule has 1 amide bonds. The fourth-order valence-electron chi connectivity index (χ4n) is 3.33. The van der Waals surface area contributed by atoms with Crippen molar-refractivity contribution in [2.75, 3.05) is 23.3 Å². The number of aromatic nitrogens is 1. The van der Waals surface area contributed by atoms with Crippen molar-refractivity contribution in [3.8, 4) is 0 Å². The fourth-order valence-corrected chi connectivity index (χ4v) is 3.50. The minimum absolute atomic E-state index is 0.0273. The molecule has 1 aromatic carbocycles.